The van der Waals surface area contributed by atoms with Gasteiger partial charge in [0.2, 0.25) is 0 Å². The first-order valence-electron chi connectivity index (χ1n) is 5.48. The van der Waals surface area contributed by atoms with Crippen LogP contribution in [0.5, 0.6) is 0 Å². The molecule has 1 aliphatic rings. The van der Waals surface area contributed by atoms with Crippen LogP contribution in [0.3, 0.4) is 0 Å². The lowest BCUT2D eigenvalue weighted by molar-refractivity contribution is -0.0102. The summed E-state index contributed by atoms with van der Waals surface area (Å²) < 4.78 is 5.34. The van der Waals surface area contributed by atoms with Gasteiger partial charge in [-0.15, -0.1) is 0 Å². The summed E-state index contributed by atoms with van der Waals surface area (Å²) in [7, 11) is 0. The molecular formula is C13H18O2. The van der Waals surface area contributed by atoms with Gasteiger partial charge >= 0.3 is 0 Å². The quantitative estimate of drug-likeness (QED) is 0.804. The van der Waals surface area contributed by atoms with E-state index in [2.05, 4.69) is 0 Å². The number of aliphatic hydroxyl groups is 1. The van der Waals surface area contributed by atoms with Crippen LogP contribution in [-0.4, -0.2) is 18.3 Å². The predicted molar refractivity (Wildman–Crippen MR) is 59.7 cm³/mol. The molecule has 1 saturated heterocycles. The number of ether oxygens (including phenoxy) is 1. The first-order valence-corrected chi connectivity index (χ1v) is 5.48. The van der Waals surface area contributed by atoms with E-state index in [1.54, 1.807) is 0 Å². The molecule has 1 fully saturated rings. The molecular weight excluding hydrogens is 188 g/mol. The zero-order valence-corrected chi connectivity index (χ0v) is 9.36. The number of rotatable bonds is 2. The average Bonchev–Trinajstić information content (AvgIpc) is 2.71. The molecule has 2 unspecified atom stereocenters. The Bertz CT molecular complexity index is 338. The molecule has 82 valence electrons. The van der Waals surface area contributed by atoms with Gasteiger partial charge in [-0.3, -0.25) is 0 Å². The molecule has 0 aliphatic carbocycles. The Morgan fingerprint density at radius 1 is 1.40 bits per heavy atom. The van der Waals surface area contributed by atoms with Crippen molar-refractivity contribution in [1.82, 2.24) is 0 Å². The van der Waals surface area contributed by atoms with Crippen LogP contribution in [0.1, 0.15) is 24.5 Å². The second kappa shape index (κ2) is 3.95. The van der Waals surface area contributed by atoms with Gasteiger partial charge in [0.25, 0.3) is 0 Å². The topological polar surface area (TPSA) is 29.5 Å². The molecule has 0 aromatic heterocycles. The van der Waals surface area contributed by atoms with Gasteiger partial charge in [0.05, 0.1) is 12.2 Å². The molecule has 1 N–H and O–H groups in total. The maximum absolute atomic E-state index is 10.6. The number of hydrogen-bond donors (Lipinski definition) is 1. The minimum Gasteiger partial charge on any atom is -0.385 e. The smallest absolute Gasteiger partial charge is 0.0921 e. The summed E-state index contributed by atoms with van der Waals surface area (Å²) in [5, 5.41) is 10.6. The highest BCUT2D eigenvalue weighted by atomic mass is 16.5. The fourth-order valence-electron chi connectivity index (χ4n) is 2.34. The van der Waals surface area contributed by atoms with Crippen LogP contribution in [-0.2, 0) is 10.3 Å². The van der Waals surface area contributed by atoms with E-state index in [0.29, 0.717) is 6.61 Å². The van der Waals surface area contributed by atoms with Gasteiger partial charge in [-0.1, -0.05) is 24.3 Å². The van der Waals surface area contributed by atoms with Gasteiger partial charge in [0.1, 0.15) is 0 Å². The molecule has 2 atom stereocenters. The summed E-state index contributed by atoms with van der Waals surface area (Å²) in [5.74, 6) is 0.221. The van der Waals surface area contributed by atoms with Gasteiger partial charge in [-0.2, -0.15) is 0 Å². The third-order valence-corrected chi connectivity index (χ3v) is 3.41. The van der Waals surface area contributed by atoms with Crippen LogP contribution >= 0.6 is 0 Å². The molecule has 1 heterocycles. The van der Waals surface area contributed by atoms with Gasteiger partial charge in [0, 0.05) is 12.5 Å². The Morgan fingerprint density at radius 2 is 2.13 bits per heavy atom. The van der Waals surface area contributed by atoms with Gasteiger partial charge in [-0.05, 0) is 31.4 Å². The summed E-state index contributed by atoms with van der Waals surface area (Å²) in [6.07, 6.45) is 0.946. The van der Waals surface area contributed by atoms with Gasteiger partial charge < -0.3 is 9.84 Å². The molecule has 0 bridgehead atoms. The Labute approximate surface area is 90.9 Å². The summed E-state index contributed by atoms with van der Waals surface area (Å²) in [5.41, 5.74) is 1.41. The highest BCUT2D eigenvalue weighted by Crippen LogP contribution is 2.35. The third-order valence-electron chi connectivity index (χ3n) is 3.41. The maximum atomic E-state index is 10.6. The van der Waals surface area contributed by atoms with Crippen molar-refractivity contribution in [2.24, 2.45) is 5.92 Å². The SMILES string of the molecule is Cc1ccccc1C(C)(O)C1CCOC1. The third kappa shape index (κ3) is 1.92. The molecule has 1 aliphatic heterocycles. The number of aryl methyl sites for hydroxylation is 1. The maximum Gasteiger partial charge on any atom is 0.0921 e. The lowest BCUT2D eigenvalue weighted by atomic mass is 9.80. The Balaban J connectivity index is 2.31. The molecule has 1 aromatic rings. The zero-order valence-electron chi connectivity index (χ0n) is 9.36. The van der Waals surface area contributed by atoms with Crippen molar-refractivity contribution >= 4 is 0 Å². The zero-order chi connectivity index (χ0) is 10.9. The van der Waals surface area contributed by atoms with Crippen LogP contribution in [0.15, 0.2) is 24.3 Å². The van der Waals surface area contributed by atoms with Crippen molar-refractivity contribution in [3.63, 3.8) is 0 Å². The van der Waals surface area contributed by atoms with E-state index in [1.807, 2.05) is 38.1 Å². The molecule has 0 amide bonds. The molecule has 0 spiro atoms. The van der Waals surface area contributed by atoms with Crippen molar-refractivity contribution in [3.05, 3.63) is 35.4 Å². The molecule has 2 rings (SSSR count). The van der Waals surface area contributed by atoms with Crippen LogP contribution in [0.2, 0.25) is 0 Å². The van der Waals surface area contributed by atoms with Crippen LogP contribution in [0, 0.1) is 12.8 Å². The Morgan fingerprint density at radius 3 is 2.73 bits per heavy atom. The first-order chi connectivity index (χ1) is 7.12. The Kier molecular flexibility index (Phi) is 2.81. The lowest BCUT2D eigenvalue weighted by Gasteiger charge is -2.31. The number of benzene rings is 1. The van der Waals surface area contributed by atoms with E-state index >= 15 is 0 Å². The molecule has 2 heteroatoms. The van der Waals surface area contributed by atoms with Crippen molar-refractivity contribution in [2.75, 3.05) is 13.2 Å². The highest BCUT2D eigenvalue weighted by molar-refractivity contribution is 5.31. The standard InChI is InChI=1S/C13H18O2/c1-10-5-3-4-6-12(10)13(2,14)11-7-8-15-9-11/h3-6,11,14H,7-9H2,1-2H3. The monoisotopic (exact) mass is 206 g/mol. The van der Waals surface area contributed by atoms with E-state index in [1.165, 1.54) is 0 Å². The van der Waals surface area contributed by atoms with Crippen molar-refractivity contribution < 1.29 is 9.84 Å². The molecule has 0 saturated carbocycles. The molecule has 2 nitrogen and oxygen atoms in total. The molecule has 0 radical (unpaired) electrons. The fourth-order valence-corrected chi connectivity index (χ4v) is 2.34. The van der Waals surface area contributed by atoms with E-state index in [9.17, 15) is 5.11 Å². The first kappa shape index (κ1) is 10.7. The van der Waals surface area contributed by atoms with Crippen LogP contribution in [0.4, 0.5) is 0 Å². The lowest BCUT2D eigenvalue weighted by Crippen LogP contribution is -2.32. The van der Waals surface area contributed by atoms with E-state index < -0.39 is 5.60 Å². The summed E-state index contributed by atoms with van der Waals surface area (Å²) in [6.45, 7) is 5.38. The fraction of sp³-hybridized carbons (Fsp3) is 0.538. The summed E-state index contributed by atoms with van der Waals surface area (Å²) >= 11 is 0. The minimum atomic E-state index is -0.762. The van der Waals surface area contributed by atoms with E-state index in [4.69, 9.17) is 4.74 Å². The summed E-state index contributed by atoms with van der Waals surface area (Å²) in [6, 6.07) is 8.03. The predicted octanol–water partition coefficient (Wildman–Crippen LogP) is 2.24. The van der Waals surface area contributed by atoms with E-state index in [-0.39, 0.29) is 5.92 Å². The second-order valence-corrected chi connectivity index (χ2v) is 4.52. The largest absolute Gasteiger partial charge is 0.385 e. The normalized spacial score (nSPS) is 25.1. The van der Waals surface area contributed by atoms with Crippen molar-refractivity contribution in [3.8, 4) is 0 Å². The summed E-state index contributed by atoms with van der Waals surface area (Å²) in [4.78, 5) is 0. The van der Waals surface area contributed by atoms with Crippen molar-refractivity contribution in [2.45, 2.75) is 25.9 Å². The highest BCUT2D eigenvalue weighted by Gasteiger charge is 2.36. The minimum absolute atomic E-state index is 0.221. The molecule has 15 heavy (non-hydrogen) atoms. The second-order valence-electron chi connectivity index (χ2n) is 4.52. The average molecular weight is 206 g/mol. The van der Waals surface area contributed by atoms with Gasteiger partial charge in [-0.25, -0.2) is 0 Å². The van der Waals surface area contributed by atoms with Crippen LogP contribution < -0.4 is 0 Å². The molecule has 1 aromatic carbocycles. The number of hydrogen-bond acceptors (Lipinski definition) is 2. The van der Waals surface area contributed by atoms with E-state index in [0.717, 1.165) is 24.2 Å². The van der Waals surface area contributed by atoms with Crippen LogP contribution in [0.25, 0.3) is 0 Å². The van der Waals surface area contributed by atoms with Crippen molar-refractivity contribution in [1.29, 1.82) is 0 Å². The van der Waals surface area contributed by atoms with Gasteiger partial charge in [0.15, 0.2) is 0 Å². The Hall–Kier alpha value is -0.860.